The fourth-order valence-corrected chi connectivity index (χ4v) is 4.05. The van der Waals surface area contributed by atoms with Gasteiger partial charge in [-0.25, -0.2) is 4.79 Å². The van der Waals surface area contributed by atoms with Crippen LogP contribution in [0.4, 0.5) is 0 Å². The first-order chi connectivity index (χ1) is 11.6. The van der Waals surface area contributed by atoms with Gasteiger partial charge in [-0.1, -0.05) is 40.0 Å². The lowest BCUT2D eigenvalue weighted by Crippen LogP contribution is -2.51. The third-order valence-electron chi connectivity index (χ3n) is 5.31. The SMILES string of the molecule is C=C[C@]1(C)C[C@H](OC(=O)CC(C)C)[C@H]2C(=C)C(=O)O[C@@H]2[C@H]1C(=C)CO. The lowest BCUT2D eigenvalue weighted by molar-refractivity contribution is -0.163. The van der Waals surface area contributed by atoms with Gasteiger partial charge >= 0.3 is 11.9 Å². The van der Waals surface area contributed by atoms with E-state index >= 15 is 0 Å². The number of rotatable bonds is 6. The molecule has 2 fully saturated rings. The van der Waals surface area contributed by atoms with Crippen LogP contribution in [-0.2, 0) is 19.1 Å². The molecule has 5 nitrogen and oxygen atoms in total. The van der Waals surface area contributed by atoms with Gasteiger partial charge in [0.1, 0.15) is 12.2 Å². The number of carbonyl (C=O) groups is 2. The van der Waals surface area contributed by atoms with Crippen molar-refractivity contribution in [1.82, 2.24) is 0 Å². The summed E-state index contributed by atoms with van der Waals surface area (Å²) < 4.78 is 11.3. The standard InChI is InChI=1S/C20H28O5/c1-7-20(6)9-14(24-15(22)8-11(2)3)16-13(5)19(23)25-18(16)17(20)12(4)10-21/h7,11,14,16-18,21H,1,4-5,8-10H2,2-3,6H3/t14-,16+,17+,18-,20+/m0/s1. The van der Waals surface area contributed by atoms with Crippen molar-refractivity contribution < 1.29 is 24.2 Å². The number of carbonyl (C=O) groups excluding carboxylic acids is 2. The van der Waals surface area contributed by atoms with E-state index in [4.69, 9.17) is 9.47 Å². The molecule has 2 aliphatic rings. The molecule has 0 amide bonds. The number of hydrogen-bond donors (Lipinski definition) is 1. The molecule has 1 saturated carbocycles. The van der Waals surface area contributed by atoms with Crippen molar-refractivity contribution in [3.05, 3.63) is 37.0 Å². The molecule has 25 heavy (non-hydrogen) atoms. The van der Waals surface area contributed by atoms with Crippen LogP contribution < -0.4 is 0 Å². The first kappa shape index (κ1) is 19.4. The molecule has 0 bridgehead atoms. The van der Waals surface area contributed by atoms with E-state index in [2.05, 4.69) is 19.7 Å². The Morgan fingerprint density at radius 2 is 2.16 bits per heavy atom. The van der Waals surface area contributed by atoms with Gasteiger partial charge in [0.25, 0.3) is 0 Å². The van der Waals surface area contributed by atoms with E-state index in [1.165, 1.54) is 0 Å². The molecule has 0 spiro atoms. The normalized spacial score (nSPS) is 34.4. The number of esters is 2. The van der Waals surface area contributed by atoms with Crippen LogP contribution in [0.25, 0.3) is 0 Å². The van der Waals surface area contributed by atoms with Crippen LogP contribution in [-0.4, -0.2) is 35.9 Å². The second-order valence-corrected chi connectivity index (χ2v) is 7.76. The summed E-state index contributed by atoms with van der Waals surface area (Å²) in [5, 5.41) is 9.59. The quantitative estimate of drug-likeness (QED) is 0.454. The largest absolute Gasteiger partial charge is 0.462 e. The lowest BCUT2D eigenvalue weighted by Gasteiger charge is -2.48. The fraction of sp³-hybridized carbons (Fsp3) is 0.600. The summed E-state index contributed by atoms with van der Waals surface area (Å²) in [6.45, 7) is 17.3. The second-order valence-electron chi connectivity index (χ2n) is 7.76. The number of ether oxygens (including phenoxy) is 2. The minimum atomic E-state index is -0.562. The Labute approximate surface area is 149 Å². The maximum absolute atomic E-state index is 12.2. The second kappa shape index (κ2) is 7.16. The van der Waals surface area contributed by atoms with Crippen molar-refractivity contribution in [2.75, 3.05) is 6.61 Å². The van der Waals surface area contributed by atoms with Crippen LogP contribution in [0.2, 0.25) is 0 Å². The summed E-state index contributed by atoms with van der Waals surface area (Å²) in [5.41, 5.74) is 0.371. The topological polar surface area (TPSA) is 72.8 Å². The molecule has 0 aromatic heterocycles. The van der Waals surface area contributed by atoms with Gasteiger partial charge in [-0.3, -0.25) is 4.79 Å². The molecule has 0 aromatic carbocycles. The van der Waals surface area contributed by atoms with Gasteiger partial charge in [-0.05, 0) is 23.3 Å². The lowest BCUT2D eigenvalue weighted by atomic mass is 9.59. The van der Waals surface area contributed by atoms with Gasteiger partial charge in [-0.2, -0.15) is 0 Å². The summed E-state index contributed by atoms with van der Waals surface area (Å²) >= 11 is 0. The third-order valence-corrected chi connectivity index (χ3v) is 5.31. The molecule has 1 aliphatic heterocycles. The number of aliphatic hydroxyl groups excluding tert-OH is 1. The van der Waals surface area contributed by atoms with Crippen LogP contribution in [0.3, 0.4) is 0 Å². The minimum absolute atomic E-state index is 0.184. The van der Waals surface area contributed by atoms with E-state index in [0.717, 1.165) is 0 Å². The Hall–Kier alpha value is -1.88. The Balaban J connectivity index is 2.38. The van der Waals surface area contributed by atoms with Crippen LogP contribution >= 0.6 is 0 Å². The Bertz CT molecular complexity index is 605. The highest BCUT2D eigenvalue weighted by Crippen LogP contribution is 2.53. The molecule has 5 heteroatoms. The summed E-state index contributed by atoms with van der Waals surface area (Å²) in [6.07, 6.45) is 1.48. The van der Waals surface area contributed by atoms with Crippen molar-refractivity contribution in [1.29, 1.82) is 0 Å². The maximum Gasteiger partial charge on any atom is 0.334 e. The Morgan fingerprint density at radius 3 is 2.68 bits per heavy atom. The molecule has 1 aliphatic carbocycles. The van der Waals surface area contributed by atoms with Gasteiger partial charge in [0.2, 0.25) is 0 Å². The first-order valence-electron chi connectivity index (χ1n) is 8.66. The highest BCUT2D eigenvalue weighted by molar-refractivity contribution is 5.91. The molecule has 5 atom stereocenters. The predicted octanol–water partition coefficient (Wildman–Crippen LogP) is 2.80. The van der Waals surface area contributed by atoms with Gasteiger partial charge in [0.15, 0.2) is 0 Å². The third kappa shape index (κ3) is 3.56. The van der Waals surface area contributed by atoms with Gasteiger partial charge in [-0.15, -0.1) is 6.58 Å². The van der Waals surface area contributed by atoms with Crippen molar-refractivity contribution >= 4 is 11.9 Å². The van der Waals surface area contributed by atoms with E-state index in [9.17, 15) is 14.7 Å². The molecule has 1 heterocycles. The number of aliphatic hydroxyl groups is 1. The molecule has 1 N–H and O–H groups in total. The number of fused-ring (bicyclic) bond motifs is 1. The zero-order valence-electron chi connectivity index (χ0n) is 15.3. The van der Waals surface area contributed by atoms with Crippen molar-refractivity contribution in [3.63, 3.8) is 0 Å². The Kier molecular flexibility index (Phi) is 5.57. The van der Waals surface area contributed by atoms with Crippen LogP contribution in [0.5, 0.6) is 0 Å². The molecular formula is C20H28O5. The summed E-state index contributed by atoms with van der Waals surface area (Å²) in [5.74, 6) is -1.32. The predicted molar refractivity (Wildman–Crippen MR) is 94.5 cm³/mol. The average molecular weight is 348 g/mol. The summed E-state index contributed by atoms with van der Waals surface area (Å²) in [4.78, 5) is 24.3. The van der Waals surface area contributed by atoms with Gasteiger partial charge in [0, 0.05) is 17.9 Å². The van der Waals surface area contributed by atoms with E-state index in [-0.39, 0.29) is 24.4 Å². The zero-order chi connectivity index (χ0) is 18.9. The van der Waals surface area contributed by atoms with E-state index in [1.54, 1.807) is 6.08 Å². The molecular weight excluding hydrogens is 320 g/mol. The monoisotopic (exact) mass is 348 g/mol. The molecule has 0 unspecified atom stereocenters. The summed E-state index contributed by atoms with van der Waals surface area (Å²) in [7, 11) is 0. The van der Waals surface area contributed by atoms with Crippen molar-refractivity contribution in [2.24, 2.45) is 23.2 Å². The van der Waals surface area contributed by atoms with E-state index < -0.39 is 29.5 Å². The maximum atomic E-state index is 12.2. The van der Waals surface area contributed by atoms with E-state index in [1.807, 2.05) is 20.8 Å². The highest BCUT2D eigenvalue weighted by atomic mass is 16.6. The van der Waals surface area contributed by atoms with Gasteiger partial charge in [0.05, 0.1) is 12.5 Å². The fourth-order valence-electron chi connectivity index (χ4n) is 4.05. The molecule has 1 saturated heterocycles. The zero-order valence-corrected chi connectivity index (χ0v) is 15.3. The summed E-state index contributed by atoms with van der Waals surface area (Å²) in [6, 6.07) is 0. The van der Waals surface area contributed by atoms with Crippen molar-refractivity contribution in [3.8, 4) is 0 Å². The average Bonchev–Trinajstić information content (AvgIpc) is 2.81. The van der Waals surface area contributed by atoms with E-state index in [0.29, 0.717) is 24.0 Å². The molecule has 0 aromatic rings. The number of allylic oxidation sites excluding steroid dienone is 1. The van der Waals surface area contributed by atoms with Gasteiger partial charge < -0.3 is 14.6 Å². The molecule has 0 radical (unpaired) electrons. The molecule has 138 valence electrons. The minimum Gasteiger partial charge on any atom is -0.462 e. The van der Waals surface area contributed by atoms with Crippen LogP contribution in [0.15, 0.2) is 37.0 Å². The highest BCUT2D eigenvalue weighted by Gasteiger charge is 2.58. The molecule has 2 rings (SSSR count). The van der Waals surface area contributed by atoms with Crippen molar-refractivity contribution in [2.45, 2.75) is 45.8 Å². The van der Waals surface area contributed by atoms with Crippen LogP contribution in [0, 0.1) is 23.2 Å². The smallest absolute Gasteiger partial charge is 0.334 e. The Morgan fingerprint density at radius 1 is 1.52 bits per heavy atom. The van der Waals surface area contributed by atoms with Crippen LogP contribution in [0.1, 0.15) is 33.6 Å². The number of hydrogen-bond acceptors (Lipinski definition) is 5. The first-order valence-corrected chi connectivity index (χ1v) is 8.66.